The first-order valence-electron chi connectivity index (χ1n) is 8.42. The van der Waals surface area contributed by atoms with E-state index in [1.165, 1.54) is 5.01 Å². The minimum Gasteiger partial charge on any atom is -0.381 e. The molecule has 3 rings (SSSR count). The van der Waals surface area contributed by atoms with Crippen LogP contribution >= 0.6 is 11.3 Å². The summed E-state index contributed by atoms with van der Waals surface area (Å²) in [7, 11) is 0. The fourth-order valence-corrected chi connectivity index (χ4v) is 3.92. The van der Waals surface area contributed by atoms with Crippen LogP contribution < -0.4 is 5.73 Å². The molecule has 7 heteroatoms. The molecule has 0 bridgehead atoms. The van der Waals surface area contributed by atoms with Crippen molar-refractivity contribution in [2.45, 2.75) is 38.3 Å². The number of rotatable bonds is 4. The minimum atomic E-state index is -0.717. The second-order valence-electron chi connectivity index (χ2n) is 6.42. The fraction of sp³-hybridized carbons (Fsp3) is 0.750. The Bertz CT molecular complexity index is 534. The summed E-state index contributed by atoms with van der Waals surface area (Å²) in [5.41, 5.74) is 6.74. The van der Waals surface area contributed by atoms with Gasteiger partial charge in [0, 0.05) is 51.3 Å². The average Bonchev–Trinajstić information content (AvgIpc) is 3.03. The number of aromatic nitrogens is 1. The Morgan fingerprint density at radius 2 is 2.04 bits per heavy atom. The van der Waals surface area contributed by atoms with Crippen LogP contribution in [0.25, 0.3) is 0 Å². The third-order valence-corrected chi connectivity index (χ3v) is 5.80. The largest absolute Gasteiger partial charge is 0.381 e. The SMILES string of the molecule is CCc1nc(CN2CCN(C(=O)C3(N)CCOCC3)CC2)cs1. The monoisotopic (exact) mass is 338 g/mol. The first kappa shape index (κ1) is 16.8. The zero-order valence-electron chi connectivity index (χ0n) is 13.8. The summed E-state index contributed by atoms with van der Waals surface area (Å²) in [5, 5.41) is 3.34. The number of hydrogen-bond acceptors (Lipinski definition) is 6. The second-order valence-corrected chi connectivity index (χ2v) is 7.37. The highest BCUT2D eigenvalue weighted by atomic mass is 32.1. The summed E-state index contributed by atoms with van der Waals surface area (Å²) in [5.74, 6) is 0.0994. The minimum absolute atomic E-state index is 0.0994. The second kappa shape index (κ2) is 7.25. The van der Waals surface area contributed by atoms with Crippen LogP contribution in [-0.2, 0) is 22.5 Å². The number of piperazine rings is 1. The van der Waals surface area contributed by atoms with E-state index in [1.807, 2.05) is 4.90 Å². The third kappa shape index (κ3) is 3.91. The van der Waals surface area contributed by atoms with Gasteiger partial charge in [-0.15, -0.1) is 11.3 Å². The normalized spacial score (nSPS) is 22.3. The Balaban J connectivity index is 1.50. The van der Waals surface area contributed by atoms with Crippen LogP contribution in [-0.4, -0.2) is 65.6 Å². The number of thiazole rings is 1. The van der Waals surface area contributed by atoms with Crippen molar-refractivity contribution in [2.24, 2.45) is 5.73 Å². The highest BCUT2D eigenvalue weighted by Gasteiger charge is 2.39. The smallest absolute Gasteiger partial charge is 0.242 e. The van der Waals surface area contributed by atoms with Gasteiger partial charge in [0.05, 0.1) is 16.2 Å². The molecular weight excluding hydrogens is 312 g/mol. The van der Waals surface area contributed by atoms with Gasteiger partial charge in [-0.1, -0.05) is 6.92 Å². The van der Waals surface area contributed by atoms with E-state index in [2.05, 4.69) is 22.2 Å². The van der Waals surface area contributed by atoms with Crippen LogP contribution in [0.1, 0.15) is 30.5 Å². The molecule has 2 fully saturated rings. The van der Waals surface area contributed by atoms with E-state index in [0.717, 1.165) is 44.8 Å². The summed E-state index contributed by atoms with van der Waals surface area (Å²) < 4.78 is 5.33. The fourth-order valence-electron chi connectivity index (χ4n) is 3.19. The van der Waals surface area contributed by atoms with Gasteiger partial charge in [0.15, 0.2) is 0 Å². The molecule has 1 amide bonds. The molecule has 0 aromatic carbocycles. The molecule has 2 N–H and O–H groups in total. The summed E-state index contributed by atoms with van der Waals surface area (Å²) in [6.45, 7) is 7.46. The molecule has 3 heterocycles. The van der Waals surface area contributed by atoms with Gasteiger partial charge >= 0.3 is 0 Å². The van der Waals surface area contributed by atoms with Crippen LogP contribution in [0.15, 0.2) is 5.38 Å². The van der Waals surface area contributed by atoms with E-state index in [0.29, 0.717) is 26.1 Å². The number of carbonyl (C=O) groups excluding carboxylic acids is 1. The molecule has 23 heavy (non-hydrogen) atoms. The predicted octanol–water partition coefficient (Wildman–Crippen LogP) is 0.858. The van der Waals surface area contributed by atoms with Crippen LogP contribution in [0, 0.1) is 0 Å². The van der Waals surface area contributed by atoms with Crippen molar-refractivity contribution < 1.29 is 9.53 Å². The first-order valence-corrected chi connectivity index (χ1v) is 9.30. The average molecular weight is 338 g/mol. The van der Waals surface area contributed by atoms with E-state index in [9.17, 15) is 4.79 Å². The van der Waals surface area contributed by atoms with E-state index < -0.39 is 5.54 Å². The van der Waals surface area contributed by atoms with Crippen molar-refractivity contribution in [3.8, 4) is 0 Å². The maximum atomic E-state index is 12.7. The number of nitrogens with two attached hydrogens (primary N) is 1. The maximum absolute atomic E-state index is 12.7. The Kier molecular flexibility index (Phi) is 5.31. The molecule has 0 spiro atoms. The van der Waals surface area contributed by atoms with Crippen molar-refractivity contribution in [3.05, 3.63) is 16.1 Å². The topological polar surface area (TPSA) is 71.7 Å². The molecule has 2 aliphatic heterocycles. The maximum Gasteiger partial charge on any atom is 0.242 e. The zero-order valence-corrected chi connectivity index (χ0v) is 14.6. The molecule has 0 atom stereocenters. The number of ether oxygens (including phenoxy) is 1. The van der Waals surface area contributed by atoms with Crippen molar-refractivity contribution >= 4 is 17.2 Å². The van der Waals surface area contributed by atoms with E-state index >= 15 is 0 Å². The van der Waals surface area contributed by atoms with Crippen LogP contribution in [0.3, 0.4) is 0 Å². The lowest BCUT2D eigenvalue weighted by atomic mass is 9.89. The van der Waals surface area contributed by atoms with Gasteiger partial charge in [0.2, 0.25) is 5.91 Å². The zero-order chi connectivity index (χ0) is 16.3. The summed E-state index contributed by atoms with van der Waals surface area (Å²) >= 11 is 1.73. The highest BCUT2D eigenvalue weighted by molar-refractivity contribution is 7.09. The van der Waals surface area contributed by atoms with Gasteiger partial charge in [0.25, 0.3) is 0 Å². The van der Waals surface area contributed by atoms with E-state index in [-0.39, 0.29) is 5.91 Å². The number of carbonyl (C=O) groups is 1. The lowest BCUT2D eigenvalue weighted by Gasteiger charge is -2.40. The quantitative estimate of drug-likeness (QED) is 0.881. The molecule has 0 radical (unpaired) electrons. The summed E-state index contributed by atoms with van der Waals surface area (Å²) in [6, 6.07) is 0. The molecule has 1 aromatic rings. The Morgan fingerprint density at radius 3 is 2.65 bits per heavy atom. The van der Waals surface area contributed by atoms with Gasteiger partial charge in [-0.3, -0.25) is 9.69 Å². The first-order chi connectivity index (χ1) is 11.1. The lowest BCUT2D eigenvalue weighted by molar-refractivity contribution is -0.142. The van der Waals surface area contributed by atoms with Crippen molar-refractivity contribution in [1.29, 1.82) is 0 Å². The molecule has 2 saturated heterocycles. The number of hydrogen-bond donors (Lipinski definition) is 1. The molecule has 6 nitrogen and oxygen atoms in total. The number of nitrogens with zero attached hydrogens (tertiary/aromatic N) is 3. The van der Waals surface area contributed by atoms with Gasteiger partial charge in [-0.25, -0.2) is 4.98 Å². The van der Waals surface area contributed by atoms with Crippen molar-refractivity contribution in [2.75, 3.05) is 39.4 Å². The molecule has 2 aliphatic rings. The van der Waals surface area contributed by atoms with Crippen molar-refractivity contribution in [3.63, 3.8) is 0 Å². The lowest BCUT2D eigenvalue weighted by Crippen LogP contribution is -2.61. The van der Waals surface area contributed by atoms with Gasteiger partial charge in [-0.2, -0.15) is 0 Å². The predicted molar refractivity (Wildman–Crippen MR) is 90.3 cm³/mol. The van der Waals surface area contributed by atoms with Crippen LogP contribution in [0.4, 0.5) is 0 Å². The number of amides is 1. The molecule has 128 valence electrons. The highest BCUT2D eigenvalue weighted by Crippen LogP contribution is 2.22. The van der Waals surface area contributed by atoms with Gasteiger partial charge < -0.3 is 15.4 Å². The van der Waals surface area contributed by atoms with Crippen LogP contribution in [0.5, 0.6) is 0 Å². The Morgan fingerprint density at radius 1 is 1.35 bits per heavy atom. The number of aryl methyl sites for hydroxylation is 1. The van der Waals surface area contributed by atoms with E-state index in [4.69, 9.17) is 10.5 Å². The van der Waals surface area contributed by atoms with E-state index in [1.54, 1.807) is 11.3 Å². The summed E-state index contributed by atoms with van der Waals surface area (Å²) in [6.07, 6.45) is 2.25. The molecule has 0 aliphatic carbocycles. The van der Waals surface area contributed by atoms with Crippen molar-refractivity contribution in [1.82, 2.24) is 14.8 Å². The molecule has 0 unspecified atom stereocenters. The molecule has 0 saturated carbocycles. The van der Waals surface area contributed by atoms with Crippen LogP contribution in [0.2, 0.25) is 0 Å². The van der Waals surface area contributed by atoms with Gasteiger partial charge in [-0.05, 0) is 19.3 Å². The molecular formula is C16H26N4O2S. The van der Waals surface area contributed by atoms with Gasteiger partial charge in [0.1, 0.15) is 0 Å². The third-order valence-electron chi connectivity index (χ3n) is 4.76. The standard InChI is InChI=1S/C16H26N4O2S/c1-2-14-18-13(12-23-14)11-19-5-7-20(8-6-19)15(21)16(17)3-9-22-10-4-16/h12H,2-11,17H2,1H3. The Labute approximate surface area is 141 Å². The Hall–Kier alpha value is -1.02. The molecule has 1 aromatic heterocycles. The summed E-state index contributed by atoms with van der Waals surface area (Å²) in [4.78, 5) is 21.6.